The number of hydrogen-bond acceptors (Lipinski definition) is 3. The lowest BCUT2D eigenvalue weighted by Crippen LogP contribution is -2.06. The zero-order chi connectivity index (χ0) is 13.1. The van der Waals surface area contributed by atoms with Crippen LogP contribution in [0.2, 0.25) is 0 Å². The number of H-pyrrole nitrogens is 1. The molecule has 0 fully saturated rings. The molecular formula is C12H14BrN3OS. The molecule has 1 aromatic heterocycles. The van der Waals surface area contributed by atoms with Crippen LogP contribution in [0.15, 0.2) is 22.7 Å². The molecule has 0 aliphatic carbocycles. The van der Waals surface area contributed by atoms with Gasteiger partial charge in [0.25, 0.3) is 0 Å². The molecule has 0 bridgehead atoms. The number of halogens is 1. The zero-order valence-electron chi connectivity index (χ0n) is 10.2. The third-order valence-electron chi connectivity index (χ3n) is 2.72. The number of rotatable bonds is 4. The lowest BCUT2D eigenvalue weighted by Gasteiger charge is -2.08. The van der Waals surface area contributed by atoms with Crippen molar-refractivity contribution in [3.63, 3.8) is 0 Å². The number of aromatic nitrogens is 3. The van der Waals surface area contributed by atoms with E-state index in [2.05, 4.69) is 39.1 Å². The maximum Gasteiger partial charge on any atom is 0.195 e. The second-order valence-electron chi connectivity index (χ2n) is 3.96. The van der Waals surface area contributed by atoms with Crippen LogP contribution in [0.4, 0.5) is 0 Å². The summed E-state index contributed by atoms with van der Waals surface area (Å²) in [5.74, 6) is 0.843. The van der Waals surface area contributed by atoms with Crippen molar-refractivity contribution in [1.82, 2.24) is 14.8 Å². The molecule has 1 N–H and O–H groups in total. The van der Waals surface area contributed by atoms with Crippen LogP contribution in [-0.2, 0) is 11.3 Å². The fourth-order valence-corrected chi connectivity index (χ4v) is 2.33. The number of nitrogens with zero attached hydrogens (tertiary/aromatic N) is 2. The average molecular weight is 328 g/mol. The minimum absolute atomic E-state index is 0.605. The van der Waals surface area contributed by atoms with E-state index in [1.165, 1.54) is 0 Å². The first-order chi connectivity index (χ1) is 8.63. The first-order valence-electron chi connectivity index (χ1n) is 5.54. The highest BCUT2D eigenvalue weighted by atomic mass is 79.9. The molecule has 0 amide bonds. The van der Waals surface area contributed by atoms with Crippen LogP contribution >= 0.6 is 28.1 Å². The van der Waals surface area contributed by atoms with Crippen LogP contribution < -0.4 is 0 Å². The van der Waals surface area contributed by atoms with Crippen LogP contribution in [0.5, 0.6) is 0 Å². The molecule has 0 saturated carbocycles. The molecule has 2 aromatic rings. The van der Waals surface area contributed by atoms with Crippen molar-refractivity contribution < 1.29 is 4.74 Å². The predicted molar refractivity (Wildman–Crippen MR) is 77.2 cm³/mol. The first-order valence-corrected chi connectivity index (χ1v) is 6.74. The monoisotopic (exact) mass is 327 g/mol. The number of nitrogens with one attached hydrogen (secondary N) is 1. The molecule has 0 saturated heterocycles. The van der Waals surface area contributed by atoms with Gasteiger partial charge in [0.1, 0.15) is 0 Å². The van der Waals surface area contributed by atoms with E-state index in [4.69, 9.17) is 17.0 Å². The highest BCUT2D eigenvalue weighted by Crippen LogP contribution is 2.25. The molecule has 0 unspecified atom stereocenters. The van der Waals surface area contributed by atoms with Crippen LogP contribution in [0.3, 0.4) is 0 Å². The smallest absolute Gasteiger partial charge is 0.195 e. The van der Waals surface area contributed by atoms with E-state index < -0.39 is 0 Å². The van der Waals surface area contributed by atoms with E-state index in [1.54, 1.807) is 7.11 Å². The lowest BCUT2D eigenvalue weighted by molar-refractivity contribution is 0.187. The summed E-state index contributed by atoms with van der Waals surface area (Å²) in [6.07, 6.45) is 0. The molecule has 96 valence electrons. The summed E-state index contributed by atoms with van der Waals surface area (Å²) in [4.78, 5) is 0. The number of methoxy groups -OCH3 is 1. The predicted octanol–water partition coefficient (Wildman–Crippen LogP) is 3.33. The van der Waals surface area contributed by atoms with E-state index in [0.29, 0.717) is 17.9 Å². The Bertz CT molecular complexity index is 606. The summed E-state index contributed by atoms with van der Waals surface area (Å²) in [6.45, 7) is 3.35. The molecule has 0 spiro atoms. The maximum absolute atomic E-state index is 5.24. The molecule has 0 radical (unpaired) electrons. The lowest BCUT2D eigenvalue weighted by atomic mass is 10.1. The summed E-state index contributed by atoms with van der Waals surface area (Å²) in [5.41, 5.74) is 2.22. The molecule has 0 atom stereocenters. The van der Waals surface area contributed by atoms with Crippen molar-refractivity contribution in [2.24, 2.45) is 0 Å². The fraction of sp³-hybridized carbons (Fsp3) is 0.333. The van der Waals surface area contributed by atoms with Crippen molar-refractivity contribution in [2.45, 2.75) is 13.5 Å². The third-order valence-corrected chi connectivity index (χ3v) is 3.52. The SMILES string of the molecule is COCCn1c(-c2cc(Br)ccc2C)n[nH]c1=S. The number of aromatic amines is 1. The summed E-state index contributed by atoms with van der Waals surface area (Å²) >= 11 is 8.72. The second kappa shape index (κ2) is 5.77. The molecule has 0 aliphatic heterocycles. The topological polar surface area (TPSA) is 42.8 Å². The van der Waals surface area contributed by atoms with Crippen LogP contribution in [0, 0.1) is 11.7 Å². The highest BCUT2D eigenvalue weighted by molar-refractivity contribution is 9.10. The van der Waals surface area contributed by atoms with Gasteiger partial charge in [0.15, 0.2) is 10.6 Å². The van der Waals surface area contributed by atoms with Gasteiger partial charge in [-0.2, -0.15) is 5.10 Å². The van der Waals surface area contributed by atoms with E-state index in [9.17, 15) is 0 Å². The van der Waals surface area contributed by atoms with Crippen molar-refractivity contribution in [3.05, 3.63) is 33.0 Å². The number of aryl methyl sites for hydroxylation is 1. The highest BCUT2D eigenvalue weighted by Gasteiger charge is 2.11. The third kappa shape index (κ3) is 2.71. The van der Waals surface area contributed by atoms with Gasteiger partial charge in [-0.05, 0) is 36.8 Å². The zero-order valence-corrected chi connectivity index (χ0v) is 12.6. The number of ether oxygens (including phenoxy) is 1. The van der Waals surface area contributed by atoms with E-state index >= 15 is 0 Å². The van der Waals surface area contributed by atoms with Gasteiger partial charge in [-0.25, -0.2) is 0 Å². The minimum atomic E-state index is 0.605. The second-order valence-corrected chi connectivity index (χ2v) is 5.26. The van der Waals surface area contributed by atoms with Crippen LogP contribution in [0.1, 0.15) is 5.56 Å². The molecule has 2 rings (SSSR count). The molecule has 1 aromatic carbocycles. The van der Waals surface area contributed by atoms with Crippen LogP contribution in [0.25, 0.3) is 11.4 Å². The van der Waals surface area contributed by atoms with Crippen molar-refractivity contribution in [1.29, 1.82) is 0 Å². The quantitative estimate of drug-likeness (QED) is 0.876. The molecule has 0 aliphatic rings. The van der Waals surface area contributed by atoms with E-state index in [-0.39, 0.29) is 0 Å². The van der Waals surface area contributed by atoms with E-state index in [1.807, 2.05) is 16.7 Å². The van der Waals surface area contributed by atoms with Crippen molar-refractivity contribution >= 4 is 28.1 Å². The summed E-state index contributed by atoms with van der Waals surface area (Å²) in [7, 11) is 1.67. The Hall–Kier alpha value is -0.980. The number of hydrogen-bond donors (Lipinski definition) is 1. The Balaban J connectivity index is 2.50. The first kappa shape index (κ1) is 13.5. The molecule has 6 heteroatoms. The fourth-order valence-electron chi connectivity index (χ4n) is 1.75. The van der Waals surface area contributed by atoms with Gasteiger partial charge >= 0.3 is 0 Å². The van der Waals surface area contributed by atoms with Crippen molar-refractivity contribution in [3.8, 4) is 11.4 Å². The van der Waals surface area contributed by atoms with Gasteiger partial charge in [0.05, 0.1) is 13.2 Å². The van der Waals surface area contributed by atoms with Gasteiger partial charge < -0.3 is 4.74 Å². The molecule has 4 nitrogen and oxygen atoms in total. The summed E-state index contributed by atoms with van der Waals surface area (Å²) in [6, 6.07) is 6.11. The summed E-state index contributed by atoms with van der Waals surface area (Å²) < 4.78 is 8.68. The molecular weight excluding hydrogens is 314 g/mol. The Morgan fingerprint density at radius 1 is 1.50 bits per heavy atom. The standard InChI is InChI=1S/C12H14BrN3OS/c1-8-3-4-9(13)7-10(8)11-14-15-12(18)16(11)5-6-17-2/h3-4,7H,5-6H2,1-2H3,(H,15,18). The largest absolute Gasteiger partial charge is 0.383 e. The Labute approximate surface area is 119 Å². The van der Waals surface area contributed by atoms with Gasteiger partial charge in [-0.1, -0.05) is 22.0 Å². The molecule has 18 heavy (non-hydrogen) atoms. The minimum Gasteiger partial charge on any atom is -0.383 e. The van der Waals surface area contributed by atoms with Gasteiger partial charge in [0.2, 0.25) is 0 Å². The van der Waals surface area contributed by atoms with E-state index in [0.717, 1.165) is 21.4 Å². The Kier molecular flexibility index (Phi) is 4.31. The Morgan fingerprint density at radius 2 is 2.28 bits per heavy atom. The van der Waals surface area contributed by atoms with Crippen LogP contribution in [-0.4, -0.2) is 28.5 Å². The van der Waals surface area contributed by atoms with Gasteiger partial charge in [0, 0.05) is 17.1 Å². The number of benzene rings is 1. The average Bonchev–Trinajstić information content (AvgIpc) is 2.71. The Morgan fingerprint density at radius 3 is 3.00 bits per heavy atom. The van der Waals surface area contributed by atoms with Gasteiger partial charge in [-0.3, -0.25) is 9.67 Å². The van der Waals surface area contributed by atoms with Gasteiger partial charge in [-0.15, -0.1) is 0 Å². The maximum atomic E-state index is 5.24. The summed E-state index contributed by atoms with van der Waals surface area (Å²) in [5, 5.41) is 7.15. The normalized spacial score (nSPS) is 10.8. The van der Waals surface area contributed by atoms with Crippen molar-refractivity contribution in [2.75, 3.05) is 13.7 Å². The molecule has 1 heterocycles.